The zero-order valence-electron chi connectivity index (χ0n) is 16.3. The molecular weight excluding hydrogens is 360 g/mol. The normalized spacial score (nSPS) is 26.5. The fourth-order valence-corrected chi connectivity index (χ4v) is 4.53. The molecule has 9 nitrogen and oxygen atoms in total. The van der Waals surface area contributed by atoms with Gasteiger partial charge in [0, 0.05) is 31.2 Å². The number of fused-ring (bicyclic) bond motifs is 1. The second kappa shape index (κ2) is 6.96. The Morgan fingerprint density at radius 1 is 1.39 bits per heavy atom. The fraction of sp³-hybridized carbons (Fsp3) is 0.579. The third-order valence-corrected chi connectivity index (χ3v) is 5.78. The molecule has 1 saturated carbocycles. The second-order valence-corrected chi connectivity index (χ2v) is 8.08. The highest BCUT2D eigenvalue weighted by Crippen LogP contribution is 2.50. The molecule has 0 spiro atoms. The van der Waals surface area contributed by atoms with Crippen molar-refractivity contribution >= 4 is 11.8 Å². The molecule has 0 aromatic carbocycles. The third kappa shape index (κ3) is 3.14. The van der Waals surface area contributed by atoms with Crippen molar-refractivity contribution in [1.82, 2.24) is 30.3 Å². The van der Waals surface area contributed by atoms with Gasteiger partial charge in [-0.1, -0.05) is 19.0 Å². The van der Waals surface area contributed by atoms with Gasteiger partial charge in [0.25, 0.3) is 5.91 Å². The number of carbonyl (C=O) groups excluding carboxylic acids is 2. The molecule has 1 aliphatic carbocycles. The Bertz CT molecular complexity index is 883. The predicted molar refractivity (Wildman–Crippen MR) is 98.1 cm³/mol. The van der Waals surface area contributed by atoms with Crippen molar-refractivity contribution in [3.8, 4) is 0 Å². The van der Waals surface area contributed by atoms with E-state index in [1.54, 1.807) is 19.2 Å². The summed E-state index contributed by atoms with van der Waals surface area (Å²) in [5, 5.41) is 7.03. The number of likely N-dealkylation sites (tertiary alicyclic amines) is 1. The molecule has 4 rings (SSSR count). The maximum atomic E-state index is 12.6. The summed E-state index contributed by atoms with van der Waals surface area (Å²) in [6.45, 7) is 6.78. The summed E-state index contributed by atoms with van der Waals surface area (Å²) < 4.78 is 5.55. The topological polar surface area (TPSA) is 114 Å². The zero-order chi connectivity index (χ0) is 19.9. The largest absolute Gasteiger partial charge is 0.348 e. The van der Waals surface area contributed by atoms with E-state index in [1.165, 1.54) is 6.33 Å². The number of hydrogen-bond acceptors (Lipinski definition) is 7. The van der Waals surface area contributed by atoms with Crippen molar-refractivity contribution in [2.45, 2.75) is 45.1 Å². The first-order valence-corrected chi connectivity index (χ1v) is 9.55. The van der Waals surface area contributed by atoms with Crippen molar-refractivity contribution in [3.05, 3.63) is 36.0 Å². The van der Waals surface area contributed by atoms with E-state index >= 15 is 0 Å². The van der Waals surface area contributed by atoms with Crippen LogP contribution in [0.1, 0.15) is 48.9 Å². The second-order valence-electron chi connectivity index (χ2n) is 8.08. The van der Waals surface area contributed by atoms with Crippen LogP contribution in [0.15, 0.2) is 23.1 Å². The summed E-state index contributed by atoms with van der Waals surface area (Å²) in [4.78, 5) is 39.3. The Kier molecular flexibility index (Phi) is 4.60. The van der Waals surface area contributed by atoms with E-state index in [4.69, 9.17) is 4.52 Å². The molecule has 0 bridgehead atoms. The standard InChI is InChI=1S/C19H24N6O3/c1-11(2)17(27)25-8-13-6-14(23-16(26)15-4-5-20-10-21-15)7-19(13,9-25)18-22-12(3)24-28-18/h4-5,10-11,13-14H,6-9H2,1-3H3,(H,23,26)/t13-,14+,19-/m0/s1. The highest BCUT2D eigenvalue weighted by molar-refractivity contribution is 5.92. The van der Waals surface area contributed by atoms with Crippen LogP contribution < -0.4 is 5.32 Å². The number of nitrogens with one attached hydrogen (secondary N) is 1. The van der Waals surface area contributed by atoms with Crippen LogP contribution in [-0.2, 0) is 10.2 Å². The van der Waals surface area contributed by atoms with Crippen molar-refractivity contribution in [1.29, 1.82) is 0 Å². The van der Waals surface area contributed by atoms with Crippen LogP contribution in [0.3, 0.4) is 0 Å². The summed E-state index contributed by atoms with van der Waals surface area (Å²) in [7, 11) is 0. The molecule has 3 atom stereocenters. The van der Waals surface area contributed by atoms with Crippen LogP contribution in [-0.4, -0.2) is 56.0 Å². The van der Waals surface area contributed by atoms with Crippen molar-refractivity contribution < 1.29 is 14.1 Å². The summed E-state index contributed by atoms with van der Waals surface area (Å²) in [5.41, 5.74) is -0.0820. The van der Waals surface area contributed by atoms with E-state index in [0.717, 1.165) is 6.42 Å². The van der Waals surface area contributed by atoms with Gasteiger partial charge in [-0.25, -0.2) is 9.97 Å². The molecule has 28 heavy (non-hydrogen) atoms. The highest BCUT2D eigenvalue weighted by atomic mass is 16.5. The minimum atomic E-state index is -0.421. The molecule has 148 valence electrons. The van der Waals surface area contributed by atoms with E-state index in [-0.39, 0.29) is 29.7 Å². The fourth-order valence-electron chi connectivity index (χ4n) is 4.53. The van der Waals surface area contributed by atoms with Crippen molar-refractivity contribution in [2.75, 3.05) is 13.1 Å². The number of carbonyl (C=O) groups is 2. The number of rotatable bonds is 4. The number of amides is 2. The molecule has 0 radical (unpaired) electrons. The van der Waals surface area contributed by atoms with Gasteiger partial charge in [-0.3, -0.25) is 9.59 Å². The molecule has 1 saturated heterocycles. The van der Waals surface area contributed by atoms with Gasteiger partial charge in [0.05, 0.1) is 5.41 Å². The zero-order valence-corrected chi connectivity index (χ0v) is 16.3. The van der Waals surface area contributed by atoms with Crippen LogP contribution in [0.2, 0.25) is 0 Å². The SMILES string of the molecule is Cc1noc([C@]23C[C@H](NC(=O)c4ccncn4)C[C@H]2CN(C(=O)C(C)C)C3)n1. The van der Waals surface area contributed by atoms with Crippen LogP contribution in [0.5, 0.6) is 0 Å². The Balaban J connectivity index is 1.56. The molecule has 2 amide bonds. The van der Waals surface area contributed by atoms with Crippen LogP contribution in [0.4, 0.5) is 0 Å². The lowest BCUT2D eigenvalue weighted by Gasteiger charge is -2.26. The molecule has 2 aromatic rings. The van der Waals surface area contributed by atoms with E-state index in [0.29, 0.717) is 36.9 Å². The predicted octanol–water partition coefficient (Wildman–Crippen LogP) is 1.11. The van der Waals surface area contributed by atoms with Gasteiger partial charge in [-0.05, 0) is 31.7 Å². The molecule has 2 aromatic heterocycles. The van der Waals surface area contributed by atoms with Crippen LogP contribution in [0, 0.1) is 18.8 Å². The van der Waals surface area contributed by atoms with Gasteiger partial charge in [0.2, 0.25) is 11.8 Å². The average molecular weight is 384 g/mol. The average Bonchev–Trinajstić information content (AvgIpc) is 3.34. The van der Waals surface area contributed by atoms with Crippen molar-refractivity contribution in [3.63, 3.8) is 0 Å². The summed E-state index contributed by atoms with van der Waals surface area (Å²) in [6.07, 6.45) is 4.30. The van der Waals surface area contributed by atoms with E-state index in [1.807, 2.05) is 18.7 Å². The molecular formula is C19H24N6O3. The number of aryl methyl sites for hydroxylation is 1. The Labute approximate surface area is 162 Å². The van der Waals surface area contributed by atoms with E-state index in [2.05, 4.69) is 25.4 Å². The first kappa shape index (κ1) is 18.5. The quantitative estimate of drug-likeness (QED) is 0.840. The Morgan fingerprint density at radius 2 is 2.21 bits per heavy atom. The van der Waals surface area contributed by atoms with Gasteiger partial charge in [0.1, 0.15) is 12.0 Å². The van der Waals surface area contributed by atoms with E-state index < -0.39 is 5.41 Å². The molecule has 0 unspecified atom stereocenters. The third-order valence-electron chi connectivity index (χ3n) is 5.78. The van der Waals surface area contributed by atoms with Gasteiger partial charge in [-0.2, -0.15) is 4.98 Å². The molecule has 1 N–H and O–H groups in total. The summed E-state index contributed by atoms with van der Waals surface area (Å²) in [5.74, 6) is 1.14. The van der Waals surface area contributed by atoms with Gasteiger partial charge < -0.3 is 14.7 Å². The van der Waals surface area contributed by atoms with Gasteiger partial charge in [-0.15, -0.1) is 0 Å². The Morgan fingerprint density at radius 3 is 2.86 bits per heavy atom. The Hall–Kier alpha value is -2.84. The molecule has 1 aliphatic heterocycles. The van der Waals surface area contributed by atoms with Crippen LogP contribution in [0.25, 0.3) is 0 Å². The minimum absolute atomic E-state index is 0.0454. The van der Waals surface area contributed by atoms with Gasteiger partial charge in [0.15, 0.2) is 5.82 Å². The van der Waals surface area contributed by atoms with Crippen LogP contribution >= 0.6 is 0 Å². The smallest absolute Gasteiger partial charge is 0.270 e. The van der Waals surface area contributed by atoms with E-state index in [9.17, 15) is 9.59 Å². The lowest BCUT2D eigenvalue weighted by molar-refractivity contribution is -0.133. The first-order valence-electron chi connectivity index (χ1n) is 9.55. The molecule has 2 aliphatic rings. The minimum Gasteiger partial charge on any atom is -0.348 e. The molecule has 3 heterocycles. The lowest BCUT2D eigenvalue weighted by atomic mass is 9.80. The summed E-state index contributed by atoms with van der Waals surface area (Å²) in [6, 6.07) is 1.54. The van der Waals surface area contributed by atoms with Crippen molar-refractivity contribution in [2.24, 2.45) is 11.8 Å². The lowest BCUT2D eigenvalue weighted by Crippen LogP contribution is -2.40. The number of nitrogens with zero attached hydrogens (tertiary/aromatic N) is 5. The first-order chi connectivity index (χ1) is 13.4. The molecule has 2 fully saturated rings. The number of aromatic nitrogens is 4. The maximum absolute atomic E-state index is 12.6. The molecule has 9 heteroatoms. The van der Waals surface area contributed by atoms with Gasteiger partial charge >= 0.3 is 0 Å². The monoisotopic (exact) mass is 384 g/mol. The summed E-state index contributed by atoms with van der Waals surface area (Å²) >= 11 is 0. The number of hydrogen-bond donors (Lipinski definition) is 1. The maximum Gasteiger partial charge on any atom is 0.270 e. The highest BCUT2D eigenvalue weighted by Gasteiger charge is 2.58.